The summed E-state index contributed by atoms with van der Waals surface area (Å²) in [6.45, 7) is 8.88. The molecule has 0 amide bonds. The van der Waals surface area contributed by atoms with E-state index in [0.29, 0.717) is 17.9 Å². The molecular weight excluding hydrogens is 232 g/mol. The van der Waals surface area contributed by atoms with Gasteiger partial charge in [0.15, 0.2) is 0 Å². The molecule has 3 atom stereocenters. The molecule has 1 fully saturated rings. The second-order valence-electron chi connectivity index (χ2n) is 5.90. The topological polar surface area (TPSA) is 9.23 Å². The molecule has 1 heteroatoms. The van der Waals surface area contributed by atoms with Crippen molar-refractivity contribution in [3.05, 3.63) is 48.6 Å². The molecule has 104 valence electrons. The molecule has 0 aromatic rings. The van der Waals surface area contributed by atoms with Crippen LogP contribution in [0.2, 0.25) is 0 Å². The van der Waals surface area contributed by atoms with E-state index in [1.54, 1.807) is 5.57 Å². The predicted octanol–water partition coefficient (Wildman–Crippen LogP) is 4.68. The van der Waals surface area contributed by atoms with Crippen molar-refractivity contribution in [3.8, 4) is 0 Å². The van der Waals surface area contributed by atoms with E-state index in [2.05, 4.69) is 44.7 Å². The lowest BCUT2D eigenvalue weighted by molar-refractivity contribution is 0.0378. The molecule has 0 heterocycles. The average molecular weight is 258 g/mol. The van der Waals surface area contributed by atoms with Crippen LogP contribution in [0.25, 0.3) is 0 Å². The standard InChI is InChI=1S/C18H26O/c1-4-5-6-9-15-12-16(13-19-14(2)3)18-11-8-7-10-17(15)18/h4-7,9-10,14,16-18H,1,8,11-13H2,2-3H3/b6-5-,15-9+. The SMILES string of the molecule is C=C/C=C\C=C1/CC(COC(C)C)C2CCC=CC12. The van der Waals surface area contributed by atoms with Crippen molar-refractivity contribution < 1.29 is 4.74 Å². The number of allylic oxidation sites excluding steroid dienone is 7. The molecule has 1 saturated carbocycles. The van der Waals surface area contributed by atoms with Crippen LogP contribution >= 0.6 is 0 Å². The smallest absolute Gasteiger partial charge is 0.0519 e. The Bertz CT molecular complexity index is 386. The van der Waals surface area contributed by atoms with Crippen LogP contribution < -0.4 is 0 Å². The van der Waals surface area contributed by atoms with Gasteiger partial charge in [0.25, 0.3) is 0 Å². The quantitative estimate of drug-likeness (QED) is 0.514. The van der Waals surface area contributed by atoms with Crippen LogP contribution in [-0.4, -0.2) is 12.7 Å². The molecule has 0 aromatic carbocycles. The van der Waals surface area contributed by atoms with Crippen LogP contribution in [-0.2, 0) is 4.74 Å². The second kappa shape index (κ2) is 6.91. The van der Waals surface area contributed by atoms with Crippen LogP contribution in [0, 0.1) is 17.8 Å². The van der Waals surface area contributed by atoms with E-state index in [0.717, 1.165) is 12.5 Å². The first-order chi connectivity index (χ1) is 9.22. The molecule has 2 rings (SSSR count). The summed E-state index contributed by atoms with van der Waals surface area (Å²) >= 11 is 0. The highest BCUT2D eigenvalue weighted by Crippen LogP contribution is 2.46. The maximum atomic E-state index is 5.86. The lowest BCUT2D eigenvalue weighted by Crippen LogP contribution is -2.21. The Kier molecular flexibility index (Phi) is 5.21. The van der Waals surface area contributed by atoms with Crippen molar-refractivity contribution in [3.63, 3.8) is 0 Å². The van der Waals surface area contributed by atoms with Gasteiger partial charge in [0, 0.05) is 5.92 Å². The zero-order chi connectivity index (χ0) is 13.7. The van der Waals surface area contributed by atoms with Crippen LogP contribution in [0.5, 0.6) is 0 Å². The van der Waals surface area contributed by atoms with E-state index in [1.165, 1.54) is 19.3 Å². The first kappa shape index (κ1) is 14.3. The van der Waals surface area contributed by atoms with Crippen molar-refractivity contribution in [2.75, 3.05) is 6.61 Å². The van der Waals surface area contributed by atoms with Gasteiger partial charge in [-0.2, -0.15) is 0 Å². The Labute approximate surface area is 117 Å². The van der Waals surface area contributed by atoms with Crippen LogP contribution in [0.4, 0.5) is 0 Å². The summed E-state index contributed by atoms with van der Waals surface area (Å²) in [7, 11) is 0. The van der Waals surface area contributed by atoms with Gasteiger partial charge in [-0.05, 0) is 44.9 Å². The van der Waals surface area contributed by atoms with Gasteiger partial charge in [0.2, 0.25) is 0 Å². The molecule has 0 bridgehead atoms. The van der Waals surface area contributed by atoms with Gasteiger partial charge >= 0.3 is 0 Å². The summed E-state index contributed by atoms with van der Waals surface area (Å²) < 4.78 is 5.86. The van der Waals surface area contributed by atoms with E-state index in [1.807, 2.05) is 12.2 Å². The van der Waals surface area contributed by atoms with Crippen LogP contribution in [0.3, 0.4) is 0 Å². The molecule has 0 aromatic heterocycles. The molecule has 19 heavy (non-hydrogen) atoms. The van der Waals surface area contributed by atoms with Gasteiger partial charge in [-0.1, -0.05) is 48.6 Å². The number of hydrogen-bond donors (Lipinski definition) is 0. The zero-order valence-corrected chi connectivity index (χ0v) is 12.2. The van der Waals surface area contributed by atoms with E-state index in [-0.39, 0.29) is 0 Å². The van der Waals surface area contributed by atoms with E-state index in [9.17, 15) is 0 Å². The lowest BCUT2D eigenvalue weighted by Gasteiger charge is -2.26. The first-order valence-electron chi connectivity index (χ1n) is 7.48. The third kappa shape index (κ3) is 3.70. The Hall–Kier alpha value is -1.08. The van der Waals surface area contributed by atoms with Gasteiger partial charge < -0.3 is 4.74 Å². The summed E-state index contributed by atoms with van der Waals surface area (Å²) in [5, 5.41) is 0. The largest absolute Gasteiger partial charge is 0.378 e. The van der Waals surface area contributed by atoms with Gasteiger partial charge in [0.05, 0.1) is 12.7 Å². The maximum Gasteiger partial charge on any atom is 0.0519 e. The minimum absolute atomic E-state index is 0.339. The van der Waals surface area contributed by atoms with Crippen molar-refractivity contribution in [1.29, 1.82) is 0 Å². The van der Waals surface area contributed by atoms with Crippen molar-refractivity contribution in [1.82, 2.24) is 0 Å². The van der Waals surface area contributed by atoms with Gasteiger partial charge in [-0.15, -0.1) is 0 Å². The fraction of sp³-hybridized carbons (Fsp3) is 0.556. The van der Waals surface area contributed by atoms with Crippen molar-refractivity contribution in [2.45, 2.75) is 39.2 Å². The highest BCUT2D eigenvalue weighted by atomic mass is 16.5. The van der Waals surface area contributed by atoms with E-state index < -0.39 is 0 Å². The number of hydrogen-bond acceptors (Lipinski definition) is 1. The fourth-order valence-corrected chi connectivity index (χ4v) is 3.31. The highest BCUT2D eigenvalue weighted by molar-refractivity contribution is 5.27. The van der Waals surface area contributed by atoms with Gasteiger partial charge in [-0.25, -0.2) is 0 Å². The third-order valence-electron chi connectivity index (χ3n) is 4.20. The number of fused-ring (bicyclic) bond motifs is 1. The summed E-state index contributed by atoms with van der Waals surface area (Å²) in [5.74, 6) is 2.12. The van der Waals surface area contributed by atoms with Crippen LogP contribution in [0.15, 0.2) is 48.6 Å². The molecule has 3 unspecified atom stereocenters. The second-order valence-corrected chi connectivity index (χ2v) is 5.90. The molecule has 0 aliphatic heterocycles. The Morgan fingerprint density at radius 1 is 1.42 bits per heavy atom. The molecule has 0 N–H and O–H groups in total. The molecule has 2 aliphatic carbocycles. The van der Waals surface area contributed by atoms with Crippen molar-refractivity contribution in [2.24, 2.45) is 17.8 Å². The average Bonchev–Trinajstić information content (AvgIpc) is 2.76. The number of rotatable bonds is 5. The van der Waals surface area contributed by atoms with E-state index in [4.69, 9.17) is 4.74 Å². The third-order valence-corrected chi connectivity index (χ3v) is 4.20. The number of ether oxygens (including phenoxy) is 1. The molecule has 1 nitrogen and oxygen atoms in total. The summed E-state index contributed by atoms with van der Waals surface area (Å²) in [5.41, 5.74) is 1.57. The first-order valence-corrected chi connectivity index (χ1v) is 7.48. The molecule has 0 radical (unpaired) electrons. The summed E-state index contributed by atoms with van der Waals surface area (Å²) in [6, 6.07) is 0. The highest BCUT2D eigenvalue weighted by Gasteiger charge is 2.38. The predicted molar refractivity (Wildman–Crippen MR) is 82.0 cm³/mol. The molecule has 2 aliphatic rings. The van der Waals surface area contributed by atoms with Crippen LogP contribution in [0.1, 0.15) is 33.1 Å². The summed E-state index contributed by atoms with van der Waals surface area (Å²) in [6.07, 6.45) is 17.1. The Morgan fingerprint density at radius 2 is 2.26 bits per heavy atom. The molecule has 0 spiro atoms. The monoisotopic (exact) mass is 258 g/mol. The minimum Gasteiger partial charge on any atom is -0.378 e. The maximum absolute atomic E-state index is 5.86. The lowest BCUT2D eigenvalue weighted by atomic mass is 9.81. The van der Waals surface area contributed by atoms with Crippen molar-refractivity contribution >= 4 is 0 Å². The fourth-order valence-electron chi connectivity index (χ4n) is 3.31. The molecular formula is C18H26O. The molecule has 0 saturated heterocycles. The van der Waals surface area contributed by atoms with Gasteiger partial charge in [-0.3, -0.25) is 0 Å². The van der Waals surface area contributed by atoms with E-state index >= 15 is 0 Å². The minimum atomic E-state index is 0.339. The zero-order valence-electron chi connectivity index (χ0n) is 12.2. The Morgan fingerprint density at radius 3 is 3.00 bits per heavy atom. The Balaban J connectivity index is 2.07. The van der Waals surface area contributed by atoms with Gasteiger partial charge in [0.1, 0.15) is 0 Å². The summed E-state index contributed by atoms with van der Waals surface area (Å²) in [4.78, 5) is 0. The normalized spacial score (nSPS) is 32.4.